The van der Waals surface area contributed by atoms with Crippen LogP contribution in [0, 0.1) is 0 Å². The molecule has 0 fully saturated rings. The number of carbonyl (C=O) groups excluding carboxylic acids is 1. The first-order valence-electron chi connectivity index (χ1n) is 5.58. The molecule has 0 bridgehead atoms. The van der Waals surface area contributed by atoms with Gasteiger partial charge in [0.1, 0.15) is 12.7 Å². The van der Waals surface area contributed by atoms with Gasteiger partial charge in [-0.15, -0.1) is 0 Å². The van der Waals surface area contributed by atoms with Crippen LogP contribution in [0.2, 0.25) is 0 Å². The zero-order valence-electron chi connectivity index (χ0n) is 10.2. The van der Waals surface area contributed by atoms with E-state index in [2.05, 4.69) is 4.74 Å². The Bertz CT molecular complexity index is 454. The van der Waals surface area contributed by atoms with Crippen LogP contribution in [-0.4, -0.2) is 40.8 Å². The summed E-state index contributed by atoms with van der Waals surface area (Å²) >= 11 is 0. The fourth-order valence-corrected chi connectivity index (χ4v) is 1.33. The Kier molecular flexibility index (Phi) is 5.85. The van der Waals surface area contributed by atoms with Crippen molar-refractivity contribution in [1.29, 1.82) is 0 Å². The van der Waals surface area contributed by atoms with E-state index in [-0.39, 0.29) is 6.61 Å². The third-order valence-corrected chi connectivity index (χ3v) is 2.35. The molecule has 3 N–H and O–H groups in total. The Morgan fingerprint density at radius 2 is 1.85 bits per heavy atom. The minimum Gasteiger partial charge on any atom is -0.480 e. The van der Waals surface area contributed by atoms with Crippen molar-refractivity contribution in [3.63, 3.8) is 0 Å². The standard InChI is InChI=1S/C12H13F2NO5/c13-10(14)9(16)8(11(17)18)15-12(19)20-6-7-4-2-1-3-5-7/h1-5,8-10,16H,6H2,(H,15,19)(H,17,18). The second kappa shape index (κ2) is 7.39. The van der Waals surface area contributed by atoms with Crippen LogP contribution in [0.4, 0.5) is 13.6 Å². The first-order chi connectivity index (χ1) is 9.41. The van der Waals surface area contributed by atoms with Gasteiger partial charge in [-0.05, 0) is 5.56 Å². The number of aliphatic hydroxyl groups excluding tert-OH is 1. The van der Waals surface area contributed by atoms with Crippen molar-refractivity contribution in [1.82, 2.24) is 5.32 Å². The monoisotopic (exact) mass is 289 g/mol. The highest BCUT2D eigenvalue weighted by molar-refractivity contribution is 5.80. The molecule has 8 heteroatoms. The SMILES string of the molecule is O=C(NC(C(=O)O)C(O)C(F)F)OCc1ccccc1. The molecular weight excluding hydrogens is 276 g/mol. The first-order valence-corrected chi connectivity index (χ1v) is 5.58. The third kappa shape index (κ3) is 4.81. The molecule has 20 heavy (non-hydrogen) atoms. The summed E-state index contributed by atoms with van der Waals surface area (Å²) in [6.45, 7) is -0.149. The molecule has 110 valence electrons. The highest BCUT2D eigenvalue weighted by Gasteiger charge is 2.35. The van der Waals surface area contributed by atoms with Crippen LogP contribution in [0.15, 0.2) is 30.3 Å². The Morgan fingerprint density at radius 1 is 1.25 bits per heavy atom. The van der Waals surface area contributed by atoms with E-state index in [9.17, 15) is 18.4 Å². The summed E-state index contributed by atoms with van der Waals surface area (Å²) in [6.07, 6.45) is -7.02. The third-order valence-electron chi connectivity index (χ3n) is 2.35. The number of carbonyl (C=O) groups is 2. The molecule has 2 atom stereocenters. The predicted molar refractivity (Wildman–Crippen MR) is 63.2 cm³/mol. The van der Waals surface area contributed by atoms with Crippen LogP contribution < -0.4 is 5.32 Å². The molecule has 0 aromatic heterocycles. The number of halogens is 2. The highest BCUT2D eigenvalue weighted by atomic mass is 19.3. The normalized spacial score (nSPS) is 13.6. The molecule has 0 spiro atoms. The fourth-order valence-electron chi connectivity index (χ4n) is 1.33. The smallest absolute Gasteiger partial charge is 0.408 e. The molecular formula is C12H13F2NO5. The van der Waals surface area contributed by atoms with E-state index >= 15 is 0 Å². The lowest BCUT2D eigenvalue weighted by Gasteiger charge is -2.19. The second-order valence-electron chi connectivity index (χ2n) is 3.85. The van der Waals surface area contributed by atoms with E-state index in [1.165, 1.54) is 0 Å². The summed E-state index contributed by atoms with van der Waals surface area (Å²) < 4.78 is 29.1. The van der Waals surface area contributed by atoms with Gasteiger partial charge in [0.05, 0.1) is 0 Å². The number of nitrogens with one attached hydrogen (secondary N) is 1. The number of ether oxygens (including phenoxy) is 1. The molecule has 0 radical (unpaired) electrons. The van der Waals surface area contributed by atoms with Crippen LogP contribution in [0.3, 0.4) is 0 Å². The number of alkyl carbamates (subject to hydrolysis) is 1. The second-order valence-corrected chi connectivity index (χ2v) is 3.85. The molecule has 1 rings (SSSR count). The van der Waals surface area contributed by atoms with Crippen LogP contribution in [0.5, 0.6) is 0 Å². The molecule has 0 heterocycles. The molecule has 1 amide bonds. The highest BCUT2D eigenvalue weighted by Crippen LogP contribution is 2.07. The van der Waals surface area contributed by atoms with Gasteiger partial charge in [0.15, 0.2) is 6.04 Å². The number of aliphatic carboxylic acids is 1. The number of amides is 1. The molecule has 0 aliphatic heterocycles. The Hall–Kier alpha value is -2.22. The van der Waals surface area contributed by atoms with Gasteiger partial charge in [-0.25, -0.2) is 18.4 Å². The Balaban J connectivity index is 2.52. The zero-order valence-corrected chi connectivity index (χ0v) is 10.2. The van der Waals surface area contributed by atoms with E-state index in [0.717, 1.165) is 0 Å². The summed E-state index contributed by atoms with van der Waals surface area (Å²) in [5.41, 5.74) is 0.643. The maximum atomic E-state index is 12.2. The summed E-state index contributed by atoms with van der Waals surface area (Å²) in [4.78, 5) is 22.0. The van der Waals surface area contributed by atoms with E-state index in [1.54, 1.807) is 35.6 Å². The average molecular weight is 289 g/mol. The summed E-state index contributed by atoms with van der Waals surface area (Å²) in [5.74, 6) is -1.78. The van der Waals surface area contributed by atoms with E-state index in [0.29, 0.717) is 5.56 Å². The van der Waals surface area contributed by atoms with Gasteiger partial charge in [-0.3, -0.25) is 0 Å². The number of benzene rings is 1. The van der Waals surface area contributed by atoms with Crippen molar-refractivity contribution in [3.8, 4) is 0 Å². The van der Waals surface area contributed by atoms with Gasteiger partial charge < -0.3 is 20.3 Å². The molecule has 0 aliphatic rings. The maximum Gasteiger partial charge on any atom is 0.408 e. The predicted octanol–water partition coefficient (Wildman–Crippen LogP) is 0.992. The maximum absolute atomic E-state index is 12.2. The van der Waals surface area contributed by atoms with E-state index in [1.807, 2.05) is 0 Å². The van der Waals surface area contributed by atoms with Crippen molar-refractivity contribution in [2.24, 2.45) is 0 Å². The lowest BCUT2D eigenvalue weighted by atomic mass is 10.2. The minimum absolute atomic E-state index is 0.149. The van der Waals surface area contributed by atoms with Gasteiger partial charge in [0.2, 0.25) is 0 Å². The molecule has 0 saturated carbocycles. The number of carboxylic acid groups (broad SMARTS) is 1. The van der Waals surface area contributed by atoms with Gasteiger partial charge in [0.25, 0.3) is 6.43 Å². The lowest BCUT2D eigenvalue weighted by molar-refractivity contribution is -0.146. The van der Waals surface area contributed by atoms with Crippen molar-refractivity contribution in [2.75, 3.05) is 0 Å². The number of hydrogen-bond acceptors (Lipinski definition) is 4. The van der Waals surface area contributed by atoms with Crippen LogP contribution in [0.25, 0.3) is 0 Å². The topological polar surface area (TPSA) is 95.9 Å². The number of carboxylic acids is 1. The number of rotatable bonds is 6. The first kappa shape index (κ1) is 15.8. The van der Waals surface area contributed by atoms with Gasteiger partial charge in [-0.2, -0.15) is 0 Å². The van der Waals surface area contributed by atoms with Crippen molar-refractivity contribution in [3.05, 3.63) is 35.9 Å². The number of alkyl halides is 2. The molecule has 0 aliphatic carbocycles. The van der Waals surface area contributed by atoms with Crippen LogP contribution in [0.1, 0.15) is 5.56 Å². The quantitative estimate of drug-likeness (QED) is 0.726. The average Bonchev–Trinajstić information content (AvgIpc) is 2.42. The molecule has 0 saturated heterocycles. The van der Waals surface area contributed by atoms with Crippen LogP contribution in [-0.2, 0) is 16.1 Å². The molecule has 1 aromatic rings. The number of hydrogen-bond donors (Lipinski definition) is 3. The van der Waals surface area contributed by atoms with Gasteiger partial charge in [-0.1, -0.05) is 30.3 Å². The van der Waals surface area contributed by atoms with Crippen LogP contribution >= 0.6 is 0 Å². The van der Waals surface area contributed by atoms with E-state index < -0.39 is 30.6 Å². The lowest BCUT2D eigenvalue weighted by Crippen LogP contribution is -2.51. The minimum atomic E-state index is -3.30. The molecule has 1 aromatic carbocycles. The van der Waals surface area contributed by atoms with Gasteiger partial charge >= 0.3 is 12.1 Å². The van der Waals surface area contributed by atoms with Crippen molar-refractivity contribution in [2.45, 2.75) is 25.2 Å². The molecule has 6 nitrogen and oxygen atoms in total. The summed E-state index contributed by atoms with van der Waals surface area (Å²) in [6, 6.07) is 6.35. The molecule has 2 unspecified atom stereocenters. The largest absolute Gasteiger partial charge is 0.480 e. The zero-order chi connectivity index (χ0) is 15.1. The number of aliphatic hydroxyl groups is 1. The van der Waals surface area contributed by atoms with Gasteiger partial charge in [0, 0.05) is 0 Å². The summed E-state index contributed by atoms with van der Waals surface area (Å²) in [5, 5.41) is 19.3. The summed E-state index contributed by atoms with van der Waals surface area (Å²) in [7, 11) is 0. The Labute approximate surface area is 113 Å². The van der Waals surface area contributed by atoms with E-state index in [4.69, 9.17) is 10.2 Å². The van der Waals surface area contributed by atoms with Crippen molar-refractivity contribution < 1.29 is 33.3 Å². The fraction of sp³-hybridized carbons (Fsp3) is 0.333. The van der Waals surface area contributed by atoms with Crippen molar-refractivity contribution >= 4 is 12.1 Å². The Morgan fingerprint density at radius 3 is 2.35 bits per heavy atom.